The molecule has 1 heterocycles. The van der Waals surface area contributed by atoms with Gasteiger partial charge in [-0.25, -0.2) is 0 Å². The molecule has 3 nitrogen and oxygen atoms in total. The van der Waals surface area contributed by atoms with Crippen LogP contribution < -0.4 is 4.90 Å². The molecule has 3 rings (SSSR count). The summed E-state index contributed by atoms with van der Waals surface area (Å²) in [6, 6.07) is 13.0. The Morgan fingerprint density at radius 3 is 2.27 bits per heavy atom. The Hall–Kier alpha value is -2.29. The quantitative estimate of drug-likeness (QED) is 0.470. The molecule has 0 spiro atoms. The number of hydrogen-bond acceptors (Lipinski definition) is 3. The van der Waals surface area contributed by atoms with Crippen molar-refractivity contribution in [3.63, 3.8) is 0 Å². The Labute approximate surface area is 182 Å². The molecule has 0 aromatic heterocycles. The first kappa shape index (κ1) is 22.4. The first-order chi connectivity index (χ1) is 14.1. The summed E-state index contributed by atoms with van der Waals surface area (Å²) in [7, 11) is 0. The zero-order chi connectivity index (χ0) is 21.9. The topological polar surface area (TPSA) is 35.8 Å². The molecule has 162 valence electrons. The Kier molecular flexibility index (Phi) is 6.59. The smallest absolute Gasteiger partial charge is 0.123 e. The summed E-state index contributed by atoms with van der Waals surface area (Å²) >= 11 is 0. The molecule has 30 heavy (non-hydrogen) atoms. The lowest BCUT2D eigenvalue weighted by Crippen LogP contribution is -2.30. The van der Waals surface area contributed by atoms with Crippen LogP contribution in [0.3, 0.4) is 0 Å². The van der Waals surface area contributed by atoms with Gasteiger partial charge in [0.1, 0.15) is 5.75 Å². The number of phenolic OH excluding ortho intramolecular Hbond substituents is 1. The number of phenols is 1. The number of aryl methyl sites for hydroxylation is 1. The minimum Gasteiger partial charge on any atom is -0.507 e. The minimum absolute atomic E-state index is 0.115. The Morgan fingerprint density at radius 1 is 1.00 bits per heavy atom. The van der Waals surface area contributed by atoms with Crippen LogP contribution >= 0.6 is 0 Å². The van der Waals surface area contributed by atoms with E-state index in [-0.39, 0.29) is 10.8 Å². The monoisotopic (exact) mass is 406 g/mol. The second kappa shape index (κ2) is 8.83. The van der Waals surface area contributed by atoms with Gasteiger partial charge in [-0.05, 0) is 59.4 Å². The molecule has 1 N–H and O–H groups in total. The van der Waals surface area contributed by atoms with Gasteiger partial charge in [0, 0.05) is 42.7 Å². The highest BCUT2D eigenvalue weighted by molar-refractivity contribution is 5.81. The molecule has 0 radical (unpaired) electrons. The molecule has 0 bridgehead atoms. The fraction of sp³-hybridized carbons (Fsp3) is 0.519. The molecule has 1 aliphatic heterocycles. The van der Waals surface area contributed by atoms with Gasteiger partial charge in [-0.15, -0.1) is 0 Å². The normalized spacial score (nSPS) is 14.9. The van der Waals surface area contributed by atoms with Gasteiger partial charge in [0.15, 0.2) is 0 Å². The van der Waals surface area contributed by atoms with E-state index in [1.165, 1.54) is 24.1 Å². The molecule has 0 amide bonds. The van der Waals surface area contributed by atoms with Crippen LogP contribution in [0.4, 0.5) is 5.69 Å². The predicted octanol–water partition coefficient (Wildman–Crippen LogP) is 6.25. The zero-order valence-corrected chi connectivity index (χ0v) is 19.6. The van der Waals surface area contributed by atoms with Crippen molar-refractivity contribution in [2.24, 2.45) is 4.99 Å². The van der Waals surface area contributed by atoms with Crippen molar-refractivity contribution in [1.82, 2.24) is 0 Å². The van der Waals surface area contributed by atoms with Gasteiger partial charge in [-0.3, -0.25) is 4.99 Å². The van der Waals surface area contributed by atoms with Gasteiger partial charge in [-0.2, -0.15) is 0 Å². The summed E-state index contributed by atoms with van der Waals surface area (Å²) in [5, 5.41) is 10.9. The number of nitrogens with zero attached hydrogens (tertiary/aromatic N) is 2. The molecule has 2 aromatic rings. The van der Waals surface area contributed by atoms with Crippen LogP contribution in [0.2, 0.25) is 0 Å². The highest BCUT2D eigenvalue weighted by atomic mass is 16.3. The van der Waals surface area contributed by atoms with Crippen LogP contribution in [0.1, 0.15) is 76.6 Å². The average molecular weight is 407 g/mol. The Morgan fingerprint density at radius 2 is 1.63 bits per heavy atom. The van der Waals surface area contributed by atoms with Crippen molar-refractivity contribution in [2.75, 3.05) is 24.5 Å². The summed E-state index contributed by atoms with van der Waals surface area (Å²) in [6.45, 7) is 15.9. The van der Waals surface area contributed by atoms with Crippen molar-refractivity contribution in [1.29, 1.82) is 0 Å². The van der Waals surface area contributed by atoms with E-state index in [1.54, 1.807) is 0 Å². The number of fused-ring (bicyclic) bond motifs is 1. The third-order valence-electron chi connectivity index (χ3n) is 5.91. The number of aromatic hydroxyl groups is 1. The third-order valence-corrected chi connectivity index (χ3v) is 5.91. The lowest BCUT2D eigenvalue weighted by Gasteiger charge is -2.31. The van der Waals surface area contributed by atoms with Crippen LogP contribution in [-0.4, -0.2) is 31.0 Å². The number of para-hydroxylation sites is 1. The molecular formula is C27H38N2O. The summed E-state index contributed by atoms with van der Waals surface area (Å²) in [5.41, 5.74) is 5.69. The first-order valence-corrected chi connectivity index (χ1v) is 11.3. The van der Waals surface area contributed by atoms with Crippen LogP contribution in [-0.2, 0) is 17.3 Å². The fourth-order valence-electron chi connectivity index (χ4n) is 4.24. The van der Waals surface area contributed by atoms with E-state index in [4.69, 9.17) is 4.99 Å². The maximum atomic E-state index is 10.9. The molecular weight excluding hydrogens is 368 g/mol. The van der Waals surface area contributed by atoms with E-state index >= 15 is 0 Å². The van der Waals surface area contributed by atoms with E-state index < -0.39 is 0 Å². The second-order valence-electron chi connectivity index (χ2n) is 10.6. The second-order valence-corrected chi connectivity index (χ2v) is 10.6. The van der Waals surface area contributed by atoms with E-state index in [0.717, 1.165) is 42.7 Å². The number of hydrogen-bond donors (Lipinski definition) is 1. The largest absolute Gasteiger partial charge is 0.507 e. The van der Waals surface area contributed by atoms with Gasteiger partial charge in [-0.1, -0.05) is 59.7 Å². The van der Waals surface area contributed by atoms with Gasteiger partial charge in [0.05, 0.1) is 0 Å². The lowest BCUT2D eigenvalue weighted by molar-refractivity contribution is 0.423. The number of aliphatic imine (C=N–C) groups is 1. The molecule has 0 saturated carbocycles. The summed E-state index contributed by atoms with van der Waals surface area (Å²) in [4.78, 5) is 7.23. The molecule has 0 aliphatic carbocycles. The average Bonchev–Trinajstić information content (AvgIpc) is 2.67. The van der Waals surface area contributed by atoms with Crippen LogP contribution in [0.25, 0.3) is 0 Å². The molecule has 0 atom stereocenters. The molecule has 0 saturated heterocycles. The summed E-state index contributed by atoms with van der Waals surface area (Å²) < 4.78 is 0. The van der Waals surface area contributed by atoms with Crippen molar-refractivity contribution in [3.8, 4) is 5.75 Å². The fourth-order valence-corrected chi connectivity index (χ4v) is 4.24. The van der Waals surface area contributed by atoms with Crippen LogP contribution in [0.15, 0.2) is 41.4 Å². The molecule has 3 heteroatoms. The van der Waals surface area contributed by atoms with Crippen molar-refractivity contribution in [3.05, 3.63) is 58.7 Å². The summed E-state index contributed by atoms with van der Waals surface area (Å²) in [6.07, 6.45) is 5.45. The Balaban J connectivity index is 1.68. The summed E-state index contributed by atoms with van der Waals surface area (Å²) in [5.74, 6) is 0.427. The zero-order valence-electron chi connectivity index (χ0n) is 19.6. The SMILES string of the molecule is CC(C)(C)c1cc(C=NCCCN2CCCc3ccccc32)cc(C(C)(C)C)c1O. The van der Waals surface area contributed by atoms with E-state index in [9.17, 15) is 5.11 Å². The minimum atomic E-state index is -0.115. The standard InChI is InChI=1S/C27H38N2O/c1-26(2,3)22-17-20(18-23(25(22)30)27(4,5)6)19-28-14-10-16-29-15-9-12-21-11-7-8-13-24(21)29/h7-8,11,13,17-19,30H,9-10,12,14-16H2,1-6H3. The van der Waals surface area contributed by atoms with Crippen molar-refractivity contribution >= 4 is 11.9 Å². The van der Waals surface area contributed by atoms with E-state index in [2.05, 4.69) is 82.8 Å². The molecule has 0 fully saturated rings. The Bertz CT molecular complexity index is 865. The van der Waals surface area contributed by atoms with Gasteiger partial charge >= 0.3 is 0 Å². The van der Waals surface area contributed by atoms with E-state index in [0.29, 0.717) is 5.75 Å². The first-order valence-electron chi connectivity index (χ1n) is 11.3. The highest BCUT2D eigenvalue weighted by Gasteiger charge is 2.26. The molecule has 1 aliphatic rings. The van der Waals surface area contributed by atoms with Crippen LogP contribution in [0.5, 0.6) is 5.75 Å². The number of rotatable bonds is 5. The number of anilines is 1. The maximum absolute atomic E-state index is 10.9. The maximum Gasteiger partial charge on any atom is 0.123 e. The van der Waals surface area contributed by atoms with E-state index in [1.807, 2.05) is 6.21 Å². The molecule has 2 aromatic carbocycles. The van der Waals surface area contributed by atoms with Gasteiger partial charge < -0.3 is 10.0 Å². The predicted molar refractivity (Wildman–Crippen MR) is 130 cm³/mol. The highest BCUT2D eigenvalue weighted by Crippen LogP contribution is 2.39. The lowest BCUT2D eigenvalue weighted by atomic mass is 9.78. The van der Waals surface area contributed by atoms with Crippen LogP contribution in [0, 0.1) is 0 Å². The third kappa shape index (κ3) is 5.24. The van der Waals surface area contributed by atoms with Crippen molar-refractivity contribution in [2.45, 2.75) is 71.6 Å². The molecule has 0 unspecified atom stereocenters. The van der Waals surface area contributed by atoms with Gasteiger partial charge in [0.2, 0.25) is 0 Å². The number of benzene rings is 2. The van der Waals surface area contributed by atoms with Crippen molar-refractivity contribution < 1.29 is 5.11 Å². The van der Waals surface area contributed by atoms with Gasteiger partial charge in [0.25, 0.3) is 0 Å².